The fraction of sp³-hybridized carbons (Fsp3) is 0.273. The number of rotatable bonds is 3. The van der Waals surface area contributed by atoms with Gasteiger partial charge in [0.1, 0.15) is 11.9 Å². The summed E-state index contributed by atoms with van der Waals surface area (Å²) in [7, 11) is 3.86. The third-order valence-electron chi connectivity index (χ3n) is 4.99. The van der Waals surface area contributed by atoms with Gasteiger partial charge in [-0.15, -0.1) is 0 Å². The summed E-state index contributed by atoms with van der Waals surface area (Å²) in [6, 6.07) is 10.4. The molecule has 4 nitrogen and oxygen atoms in total. The molecule has 0 saturated carbocycles. The number of alkyl halides is 3. The Hall–Kier alpha value is -2.64. The summed E-state index contributed by atoms with van der Waals surface area (Å²) in [5, 5.41) is 0.430. The molecule has 8 heteroatoms. The average molecular weight is 433 g/mol. The largest absolute Gasteiger partial charge is 0.416 e. The van der Waals surface area contributed by atoms with E-state index in [0.29, 0.717) is 39.9 Å². The van der Waals surface area contributed by atoms with Crippen LogP contribution in [-0.2, 0) is 12.7 Å². The van der Waals surface area contributed by atoms with Crippen LogP contribution in [0.25, 0.3) is 5.69 Å². The Balaban J connectivity index is 2.03. The number of aromatic nitrogens is 2. The van der Waals surface area contributed by atoms with Crippen LogP contribution in [0.4, 0.5) is 13.2 Å². The zero-order chi connectivity index (χ0) is 21.6. The van der Waals surface area contributed by atoms with E-state index >= 15 is 0 Å². The molecule has 0 bridgehead atoms. The molecule has 2 heterocycles. The standard InChI is InChI=1S/C22H20ClF3N4/c1-13-21-27-11-15(12-29(2)3)30(21)19-9-8-14(22(24,25)26)10-17(19)20(28-13)16-6-4-5-7-18(16)23/h4-11,13H,12H2,1-3H3. The molecule has 0 spiro atoms. The second kappa shape index (κ2) is 7.56. The summed E-state index contributed by atoms with van der Waals surface area (Å²) >= 11 is 6.41. The first-order valence-electron chi connectivity index (χ1n) is 9.42. The summed E-state index contributed by atoms with van der Waals surface area (Å²) in [6.07, 6.45) is -2.72. The van der Waals surface area contributed by atoms with E-state index in [1.165, 1.54) is 6.07 Å². The Kier molecular flexibility index (Phi) is 5.20. The molecule has 1 aromatic heterocycles. The molecule has 1 aliphatic heterocycles. The van der Waals surface area contributed by atoms with Crippen molar-refractivity contribution in [1.29, 1.82) is 0 Å². The molecular weight excluding hydrogens is 413 g/mol. The van der Waals surface area contributed by atoms with Gasteiger partial charge in [-0.2, -0.15) is 13.2 Å². The molecule has 0 fully saturated rings. The van der Waals surface area contributed by atoms with Crippen LogP contribution in [-0.4, -0.2) is 34.3 Å². The van der Waals surface area contributed by atoms with E-state index in [1.807, 2.05) is 30.5 Å². The van der Waals surface area contributed by atoms with Crippen LogP contribution in [0.1, 0.15) is 41.2 Å². The van der Waals surface area contributed by atoms with Crippen LogP contribution in [0.2, 0.25) is 5.02 Å². The Morgan fingerprint density at radius 3 is 2.50 bits per heavy atom. The summed E-state index contributed by atoms with van der Waals surface area (Å²) in [4.78, 5) is 11.3. The fourth-order valence-electron chi connectivity index (χ4n) is 3.70. The molecule has 4 rings (SSSR count). The van der Waals surface area contributed by atoms with Gasteiger partial charge in [0.2, 0.25) is 0 Å². The van der Waals surface area contributed by atoms with Gasteiger partial charge in [-0.3, -0.25) is 9.56 Å². The first-order valence-corrected chi connectivity index (χ1v) is 9.80. The molecular formula is C22H20ClF3N4. The van der Waals surface area contributed by atoms with Crippen molar-refractivity contribution < 1.29 is 13.2 Å². The van der Waals surface area contributed by atoms with Gasteiger partial charge >= 0.3 is 6.18 Å². The SMILES string of the molecule is CC1N=C(c2ccccc2Cl)c2cc(C(F)(F)F)ccc2-n2c(CN(C)C)cnc21. The number of fused-ring (bicyclic) bond motifs is 3. The molecule has 0 N–H and O–H groups in total. The van der Waals surface area contributed by atoms with E-state index in [4.69, 9.17) is 16.6 Å². The predicted molar refractivity (Wildman–Crippen MR) is 111 cm³/mol. The number of nitrogens with zero attached hydrogens (tertiary/aromatic N) is 4. The lowest BCUT2D eigenvalue weighted by Crippen LogP contribution is -2.17. The van der Waals surface area contributed by atoms with E-state index in [1.54, 1.807) is 30.5 Å². The van der Waals surface area contributed by atoms with Crippen LogP contribution in [0, 0.1) is 0 Å². The highest BCUT2D eigenvalue weighted by Gasteiger charge is 2.34. The van der Waals surface area contributed by atoms with E-state index in [0.717, 1.165) is 17.8 Å². The minimum absolute atomic E-state index is 0.367. The van der Waals surface area contributed by atoms with Crippen molar-refractivity contribution in [3.05, 3.63) is 81.9 Å². The minimum atomic E-state index is -4.47. The Morgan fingerprint density at radius 1 is 1.10 bits per heavy atom. The Bertz CT molecular complexity index is 1130. The summed E-state index contributed by atoms with van der Waals surface area (Å²) < 4.78 is 42.5. The van der Waals surface area contributed by atoms with Crippen molar-refractivity contribution in [1.82, 2.24) is 14.5 Å². The number of halogens is 4. The number of imidazole rings is 1. The highest BCUT2D eigenvalue weighted by molar-refractivity contribution is 6.35. The average Bonchev–Trinajstić information content (AvgIpc) is 3.03. The minimum Gasteiger partial charge on any atom is -0.304 e. The summed E-state index contributed by atoms with van der Waals surface area (Å²) in [5.41, 5.74) is 2.14. The lowest BCUT2D eigenvalue weighted by atomic mass is 9.98. The van der Waals surface area contributed by atoms with Crippen LogP contribution >= 0.6 is 11.6 Å². The molecule has 0 amide bonds. The molecule has 3 aromatic rings. The van der Waals surface area contributed by atoms with Crippen LogP contribution in [0.5, 0.6) is 0 Å². The van der Waals surface area contributed by atoms with Gasteiger partial charge in [-0.05, 0) is 45.3 Å². The first-order chi connectivity index (χ1) is 14.2. The number of benzene rings is 2. The third-order valence-corrected chi connectivity index (χ3v) is 5.32. The lowest BCUT2D eigenvalue weighted by molar-refractivity contribution is -0.137. The molecule has 1 unspecified atom stereocenters. The van der Waals surface area contributed by atoms with Crippen molar-refractivity contribution in [3.8, 4) is 5.69 Å². The maximum atomic E-state index is 13.5. The topological polar surface area (TPSA) is 33.4 Å². The second-order valence-corrected chi connectivity index (χ2v) is 7.95. The molecule has 0 aliphatic carbocycles. The monoisotopic (exact) mass is 432 g/mol. The molecule has 156 valence electrons. The summed E-state index contributed by atoms with van der Waals surface area (Å²) in [6.45, 7) is 2.47. The maximum Gasteiger partial charge on any atom is 0.416 e. The zero-order valence-electron chi connectivity index (χ0n) is 16.7. The van der Waals surface area contributed by atoms with E-state index in [2.05, 4.69) is 4.98 Å². The molecule has 30 heavy (non-hydrogen) atoms. The van der Waals surface area contributed by atoms with E-state index < -0.39 is 11.7 Å². The van der Waals surface area contributed by atoms with Gasteiger partial charge in [0.25, 0.3) is 0 Å². The molecule has 2 aromatic carbocycles. The highest BCUT2D eigenvalue weighted by Crippen LogP contribution is 2.37. The van der Waals surface area contributed by atoms with Gasteiger partial charge in [0.05, 0.1) is 28.9 Å². The van der Waals surface area contributed by atoms with Crippen molar-refractivity contribution in [2.75, 3.05) is 14.1 Å². The number of aliphatic imine (C=N–C) groups is 1. The molecule has 1 aliphatic rings. The summed E-state index contributed by atoms with van der Waals surface area (Å²) in [5.74, 6) is 0.676. The third kappa shape index (κ3) is 3.63. The maximum absolute atomic E-state index is 13.5. The van der Waals surface area contributed by atoms with Crippen molar-refractivity contribution in [2.45, 2.75) is 25.7 Å². The highest BCUT2D eigenvalue weighted by atomic mass is 35.5. The number of hydrogen-bond acceptors (Lipinski definition) is 3. The molecule has 0 radical (unpaired) electrons. The quantitative estimate of drug-likeness (QED) is 0.546. The normalized spacial score (nSPS) is 16.1. The van der Waals surface area contributed by atoms with Crippen LogP contribution < -0.4 is 0 Å². The van der Waals surface area contributed by atoms with Crippen molar-refractivity contribution >= 4 is 17.3 Å². The molecule has 1 atom stereocenters. The molecule has 0 saturated heterocycles. The number of hydrogen-bond donors (Lipinski definition) is 0. The lowest BCUT2D eigenvalue weighted by Gasteiger charge is -2.18. The smallest absolute Gasteiger partial charge is 0.304 e. The van der Waals surface area contributed by atoms with Gasteiger partial charge in [0.15, 0.2) is 0 Å². The Labute approximate surface area is 177 Å². The predicted octanol–water partition coefficient (Wildman–Crippen LogP) is 5.52. The van der Waals surface area contributed by atoms with Gasteiger partial charge < -0.3 is 4.90 Å². The Morgan fingerprint density at radius 2 is 1.83 bits per heavy atom. The van der Waals surface area contributed by atoms with Gasteiger partial charge in [0, 0.05) is 22.7 Å². The van der Waals surface area contributed by atoms with Crippen molar-refractivity contribution in [2.24, 2.45) is 4.99 Å². The van der Waals surface area contributed by atoms with E-state index in [-0.39, 0.29) is 6.04 Å². The van der Waals surface area contributed by atoms with Crippen LogP contribution in [0.3, 0.4) is 0 Å². The van der Waals surface area contributed by atoms with Gasteiger partial charge in [-0.25, -0.2) is 4.98 Å². The van der Waals surface area contributed by atoms with Gasteiger partial charge in [-0.1, -0.05) is 29.8 Å². The van der Waals surface area contributed by atoms with Crippen LogP contribution in [0.15, 0.2) is 53.7 Å². The second-order valence-electron chi connectivity index (χ2n) is 7.54. The first kappa shape index (κ1) is 20.6. The zero-order valence-corrected chi connectivity index (χ0v) is 17.5. The van der Waals surface area contributed by atoms with E-state index in [9.17, 15) is 13.2 Å². The van der Waals surface area contributed by atoms with Crippen molar-refractivity contribution in [3.63, 3.8) is 0 Å². The fourth-order valence-corrected chi connectivity index (χ4v) is 3.92.